The highest BCUT2D eigenvalue weighted by atomic mass is 35.5. The first-order valence-electron chi connectivity index (χ1n) is 11.2. The maximum atomic E-state index is 12.8. The molecule has 0 bridgehead atoms. The molecule has 1 fully saturated rings. The number of halogens is 1. The van der Waals surface area contributed by atoms with Crippen LogP contribution in [0.1, 0.15) is 44.2 Å². The highest BCUT2D eigenvalue weighted by Crippen LogP contribution is 2.29. The molecule has 0 aliphatic heterocycles. The molecule has 1 atom stereocenters. The van der Waals surface area contributed by atoms with Crippen molar-refractivity contribution in [1.29, 1.82) is 0 Å². The predicted molar refractivity (Wildman–Crippen MR) is 131 cm³/mol. The van der Waals surface area contributed by atoms with Gasteiger partial charge in [0.15, 0.2) is 0 Å². The zero-order valence-electron chi connectivity index (χ0n) is 18.8. The van der Waals surface area contributed by atoms with Gasteiger partial charge in [-0.25, -0.2) is 4.98 Å². The van der Waals surface area contributed by atoms with Crippen LogP contribution in [0, 0.1) is 5.92 Å². The Morgan fingerprint density at radius 3 is 2.41 bits per heavy atom. The Morgan fingerprint density at radius 2 is 1.72 bits per heavy atom. The van der Waals surface area contributed by atoms with Gasteiger partial charge in [0.2, 0.25) is 11.9 Å². The Bertz CT molecular complexity index is 1080. The number of carbonyl (C=O) groups is 1. The molecule has 3 aromatic rings. The summed E-state index contributed by atoms with van der Waals surface area (Å²) in [6.45, 7) is 2.01. The van der Waals surface area contributed by atoms with Crippen molar-refractivity contribution in [2.45, 2.75) is 44.7 Å². The molecule has 32 heavy (non-hydrogen) atoms. The number of amides is 1. The number of carbonyl (C=O) groups excluding carboxylic acids is 1. The summed E-state index contributed by atoms with van der Waals surface area (Å²) in [6, 6.07) is 15.9. The largest absolute Gasteiger partial charge is 0.362 e. The van der Waals surface area contributed by atoms with E-state index in [4.69, 9.17) is 21.6 Å². The average Bonchev–Trinajstić information content (AvgIpc) is 2.79. The summed E-state index contributed by atoms with van der Waals surface area (Å²) in [5.74, 6) is 1.72. The van der Waals surface area contributed by atoms with Gasteiger partial charge in [-0.15, -0.1) is 0 Å². The molecule has 6 nitrogen and oxygen atoms in total. The Morgan fingerprint density at radius 1 is 1.03 bits per heavy atom. The molecule has 1 amide bonds. The summed E-state index contributed by atoms with van der Waals surface area (Å²) in [5, 5.41) is 8.40. The van der Waals surface area contributed by atoms with Crippen molar-refractivity contribution in [3.63, 3.8) is 0 Å². The van der Waals surface area contributed by atoms with Crippen LogP contribution in [0.3, 0.4) is 0 Å². The van der Waals surface area contributed by atoms with Gasteiger partial charge in [-0.2, -0.15) is 4.98 Å². The lowest BCUT2D eigenvalue weighted by Gasteiger charge is -2.29. The maximum absolute atomic E-state index is 12.8. The van der Waals surface area contributed by atoms with Crippen LogP contribution in [0.15, 0.2) is 48.5 Å². The van der Waals surface area contributed by atoms with Crippen LogP contribution in [-0.4, -0.2) is 36.0 Å². The Balaban J connectivity index is 1.35. The van der Waals surface area contributed by atoms with Crippen LogP contribution < -0.4 is 15.5 Å². The third-order valence-electron chi connectivity index (χ3n) is 6.17. The lowest BCUT2D eigenvalue weighted by atomic mass is 9.85. The molecular weight excluding hydrogens is 422 g/mol. The minimum absolute atomic E-state index is 0.0360. The third kappa shape index (κ3) is 5.13. The van der Waals surface area contributed by atoms with Gasteiger partial charge in [-0.05, 0) is 62.4 Å². The van der Waals surface area contributed by atoms with Crippen LogP contribution >= 0.6 is 11.6 Å². The van der Waals surface area contributed by atoms with Crippen molar-refractivity contribution < 1.29 is 4.79 Å². The maximum Gasteiger partial charge on any atom is 0.225 e. The van der Waals surface area contributed by atoms with E-state index in [1.54, 1.807) is 0 Å². The molecule has 7 heteroatoms. The minimum Gasteiger partial charge on any atom is -0.362 e. The summed E-state index contributed by atoms with van der Waals surface area (Å²) < 4.78 is 0. The number of anilines is 2. The average molecular weight is 452 g/mol. The van der Waals surface area contributed by atoms with Gasteiger partial charge < -0.3 is 15.5 Å². The van der Waals surface area contributed by atoms with Gasteiger partial charge in [0.1, 0.15) is 5.82 Å². The van der Waals surface area contributed by atoms with Crippen LogP contribution in [-0.2, 0) is 4.79 Å². The lowest BCUT2D eigenvalue weighted by Crippen LogP contribution is -2.37. The van der Waals surface area contributed by atoms with Crippen molar-refractivity contribution in [3.8, 4) is 0 Å². The van der Waals surface area contributed by atoms with Gasteiger partial charge in [-0.3, -0.25) is 4.79 Å². The monoisotopic (exact) mass is 451 g/mol. The Kier molecular flexibility index (Phi) is 6.80. The van der Waals surface area contributed by atoms with Crippen molar-refractivity contribution in [2.75, 3.05) is 24.3 Å². The molecule has 2 N–H and O–H groups in total. The van der Waals surface area contributed by atoms with E-state index in [-0.39, 0.29) is 23.9 Å². The van der Waals surface area contributed by atoms with Crippen LogP contribution in [0.25, 0.3) is 10.9 Å². The molecule has 4 rings (SSSR count). The minimum atomic E-state index is -0.0360. The topological polar surface area (TPSA) is 70.2 Å². The second kappa shape index (κ2) is 9.74. The van der Waals surface area contributed by atoms with Crippen molar-refractivity contribution >= 4 is 40.2 Å². The molecule has 1 aromatic heterocycles. The van der Waals surface area contributed by atoms with Gasteiger partial charge in [-0.1, -0.05) is 35.9 Å². The highest BCUT2D eigenvalue weighted by molar-refractivity contribution is 6.30. The first-order valence-corrected chi connectivity index (χ1v) is 11.5. The summed E-state index contributed by atoms with van der Waals surface area (Å²) in [4.78, 5) is 24.3. The van der Waals surface area contributed by atoms with Crippen LogP contribution in [0.2, 0.25) is 5.02 Å². The molecule has 0 spiro atoms. The first-order chi connectivity index (χ1) is 15.4. The second-order valence-electron chi connectivity index (χ2n) is 8.76. The van der Waals surface area contributed by atoms with Gasteiger partial charge in [0, 0.05) is 36.5 Å². The van der Waals surface area contributed by atoms with E-state index in [2.05, 4.69) is 10.6 Å². The molecule has 0 unspecified atom stereocenters. The Labute approximate surface area is 194 Å². The number of benzene rings is 2. The normalized spacial score (nSPS) is 19.4. The number of nitrogens with one attached hydrogen (secondary N) is 2. The zero-order chi connectivity index (χ0) is 22.7. The van der Waals surface area contributed by atoms with E-state index < -0.39 is 0 Å². The van der Waals surface area contributed by atoms with E-state index in [0.29, 0.717) is 11.0 Å². The first kappa shape index (κ1) is 22.3. The molecular formula is C25H30ClN5O. The highest BCUT2D eigenvalue weighted by Gasteiger charge is 2.27. The van der Waals surface area contributed by atoms with E-state index in [0.717, 1.165) is 48.0 Å². The zero-order valence-corrected chi connectivity index (χ0v) is 19.6. The summed E-state index contributed by atoms with van der Waals surface area (Å²) in [6.07, 6.45) is 3.54. The molecule has 0 saturated heterocycles. The quantitative estimate of drug-likeness (QED) is 0.539. The molecule has 1 saturated carbocycles. The summed E-state index contributed by atoms with van der Waals surface area (Å²) >= 11 is 5.96. The van der Waals surface area contributed by atoms with E-state index in [1.807, 2.05) is 74.4 Å². The predicted octanol–water partition coefficient (Wildman–Crippen LogP) is 5.20. The molecule has 1 aliphatic carbocycles. The van der Waals surface area contributed by atoms with Gasteiger partial charge in [0.25, 0.3) is 0 Å². The summed E-state index contributed by atoms with van der Waals surface area (Å²) in [5.41, 5.74) is 1.99. The van der Waals surface area contributed by atoms with E-state index >= 15 is 0 Å². The van der Waals surface area contributed by atoms with Gasteiger partial charge >= 0.3 is 0 Å². The van der Waals surface area contributed by atoms with Crippen LogP contribution in [0.5, 0.6) is 0 Å². The number of hydrogen-bond acceptors (Lipinski definition) is 5. The molecule has 168 valence electrons. The number of hydrogen-bond donors (Lipinski definition) is 2. The number of fused-ring (bicyclic) bond motifs is 1. The summed E-state index contributed by atoms with van der Waals surface area (Å²) in [7, 11) is 3.99. The fourth-order valence-electron chi connectivity index (χ4n) is 4.31. The van der Waals surface area contributed by atoms with Crippen molar-refractivity contribution in [2.24, 2.45) is 5.92 Å². The van der Waals surface area contributed by atoms with Crippen molar-refractivity contribution in [3.05, 3.63) is 59.1 Å². The standard InChI is InChI=1S/C25H30ClN5O/c1-16(17-8-12-19(26)13-9-17)27-24(32)18-10-14-20(15-11-18)28-25-29-22-7-5-4-6-21(22)23(30-25)31(2)3/h4-9,12-13,16,18,20H,10-11,14-15H2,1-3H3,(H,27,32)(H,28,29,30)/t16-,18-,20+/m1/s1. The van der Waals surface area contributed by atoms with Crippen LogP contribution in [0.4, 0.5) is 11.8 Å². The molecule has 1 heterocycles. The molecule has 1 aliphatic rings. The fraction of sp³-hybridized carbons (Fsp3) is 0.400. The smallest absolute Gasteiger partial charge is 0.225 e. The number of nitrogens with zero attached hydrogens (tertiary/aromatic N) is 3. The third-order valence-corrected chi connectivity index (χ3v) is 6.42. The second-order valence-corrected chi connectivity index (χ2v) is 9.19. The molecule has 0 radical (unpaired) electrons. The van der Waals surface area contributed by atoms with Crippen molar-refractivity contribution in [1.82, 2.24) is 15.3 Å². The number of aromatic nitrogens is 2. The number of rotatable bonds is 6. The molecule has 2 aromatic carbocycles. The fourth-order valence-corrected chi connectivity index (χ4v) is 4.44. The van der Waals surface area contributed by atoms with E-state index in [9.17, 15) is 4.79 Å². The lowest BCUT2D eigenvalue weighted by molar-refractivity contribution is -0.126. The van der Waals surface area contributed by atoms with E-state index in [1.165, 1.54) is 0 Å². The number of para-hydroxylation sites is 1. The SMILES string of the molecule is C[C@@H](NC(=O)[C@H]1CC[C@@H](Nc2nc(N(C)C)c3ccccc3n2)CC1)c1ccc(Cl)cc1. The Hall–Kier alpha value is -2.86. The van der Waals surface area contributed by atoms with Gasteiger partial charge in [0.05, 0.1) is 11.6 Å².